The van der Waals surface area contributed by atoms with Gasteiger partial charge < -0.3 is 9.47 Å². The Balaban J connectivity index is 2.57. The van der Waals surface area contributed by atoms with Gasteiger partial charge in [0.05, 0.1) is 13.7 Å². The number of nitrogens with one attached hydrogen (secondary N) is 1. The van der Waals surface area contributed by atoms with Crippen LogP contribution in [0.3, 0.4) is 0 Å². The summed E-state index contributed by atoms with van der Waals surface area (Å²) < 4.78 is 9.94. The molecule has 0 aromatic rings. The SMILES string of the molecule is CCC(COC)(NCC1CC1)C(=O)OC. The first-order chi connectivity index (χ1) is 7.18. The molecular weight excluding hydrogens is 194 g/mol. The molecule has 0 heterocycles. The van der Waals surface area contributed by atoms with Gasteiger partial charge in [-0.2, -0.15) is 0 Å². The lowest BCUT2D eigenvalue weighted by Gasteiger charge is -2.30. The van der Waals surface area contributed by atoms with Crippen molar-refractivity contribution in [2.45, 2.75) is 31.7 Å². The highest BCUT2D eigenvalue weighted by Gasteiger charge is 2.39. The van der Waals surface area contributed by atoms with Crippen molar-refractivity contribution in [1.82, 2.24) is 5.32 Å². The Morgan fingerprint density at radius 2 is 2.13 bits per heavy atom. The standard InChI is InChI=1S/C11H21NO3/c1-4-11(8-14-2,10(13)15-3)12-7-9-5-6-9/h9,12H,4-8H2,1-3H3. The lowest BCUT2D eigenvalue weighted by atomic mass is 9.97. The van der Waals surface area contributed by atoms with Crippen LogP contribution in [0, 0.1) is 5.92 Å². The molecule has 0 saturated heterocycles. The average Bonchev–Trinajstić information content (AvgIpc) is 3.07. The van der Waals surface area contributed by atoms with Crippen LogP contribution in [0.4, 0.5) is 0 Å². The number of carbonyl (C=O) groups is 1. The average molecular weight is 215 g/mol. The molecule has 0 radical (unpaired) electrons. The van der Waals surface area contributed by atoms with E-state index in [1.165, 1.54) is 20.0 Å². The van der Waals surface area contributed by atoms with Gasteiger partial charge >= 0.3 is 5.97 Å². The highest BCUT2D eigenvalue weighted by Crippen LogP contribution is 2.28. The van der Waals surface area contributed by atoms with Crippen molar-refractivity contribution in [2.75, 3.05) is 27.4 Å². The van der Waals surface area contributed by atoms with E-state index in [1.807, 2.05) is 6.92 Å². The van der Waals surface area contributed by atoms with Crippen molar-refractivity contribution in [2.24, 2.45) is 5.92 Å². The summed E-state index contributed by atoms with van der Waals surface area (Å²) in [6.45, 7) is 3.21. The van der Waals surface area contributed by atoms with Crippen LogP contribution in [-0.4, -0.2) is 38.9 Å². The van der Waals surface area contributed by atoms with Gasteiger partial charge in [-0.05, 0) is 31.7 Å². The maximum Gasteiger partial charge on any atom is 0.328 e. The fourth-order valence-electron chi connectivity index (χ4n) is 1.66. The van der Waals surface area contributed by atoms with Crippen molar-refractivity contribution in [3.8, 4) is 0 Å². The highest BCUT2D eigenvalue weighted by molar-refractivity contribution is 5.80. The van der Waals surface area contributed by atoms with E-state index in [0.29, 0.717) is 13.0 Å². The summed E-state index contributed by atoms with van der Waals surface area (Å²) in [5.41, 5.74) is -0.661. The van der Waals surface area contributed by atoms with E-state index >= 15 is 0 Å². The Bertz CT molecular complexity index is 216. The van der Waals surface area contributed by atoms with E-state index in [9.17, 15) is 4.79 Å². The van der Waals surface area contributed by atoms with Gasteiger partial charge in [0.1, 0.15) is 5.54 Å². The third kappa shape index (κ3) is 3.18. The number of carbonyl (C=O) groups excluding carboxylic acids is 1. The maximum atomic E-state index is 11.7. The molecular formula is C11H21NO3. The van der Waals surface area contributed by atoms with Crippen molar-refractivity contribution in [3.05, 3.63) is 0 Å². The molecule has 1 unspecified atom stereocenters. The van der Waals surface area contributed by atoms with Crippen LogP contribution in [0.25, 0.3) is 0 Å². The first-order valence-electron chi connectivity index (χ1n) is 5.51. The molecule has 4 nitrogen and oxygen atoms in total. The van der Waals surface area contributed by atoms with Crippen molar-refractivity contribution in [1.29, 1.82) is 0 Å². The molecule has 1 aliphatic carbocycles. The van der Waals surface area contributed by atoms with Crippen LogP contribution < -0.4 is 5.32 Å². The van der Waals surface area contributed by atoms with Crippen LogP contribution in [0.5, 0.6) is 0 Å². The number of methoxy groups -OCH3 is 2. The van der Waals surface area contributed by atoms with Crippen LogP contribution in [0.2, 0.25) is 0 Å². The highest BCUT2D eigenvalue weighted by atomic mass is 16.5. The Kier molecular flexibility index (Phi) is 4.54. The van der Waals surface area contributed by atoms with Crippen molar-refractivity contribution >= 4 is 5.97 Å². The molecule has 1 aliphatic rings. The fourth-order valence-corrected chi connectivity index (χ4v) is 1.66. The van der Waals surface area contributed by atoms with Gasteiger partial charge in [-0.3, -0.25) is 5.32 Å². The van der Waals surface area contributed by atoms with Gasteiger partial charge in [0.25, 0.3) is 0 Å². The number of esters is 1. The summed E-state index contributed by atoms with van der Waals surface area (Å²) in [7, 11) is 3.02. The predicted octanol–water partition coefficient (Wildman–Crippen LogP) is 0.954. The second-order valence-corrected chi connectivity index (χ2v) is 4.18. The Hall–Kier alpha value is -0.610. The molecule has 0 spiro atoms. The summed E-state index contributed by atoms with van der Waals surface area (Å²) in [5, 5.41) is 3.30. The Labute approximate surface area is 91.3 Å². The summed E-state index contributed by atoms with van der Waals surface area (Å²) >= 11 is 0. The van der Waals surface area contributed by atoms with Crippen LogP contribution in [0.1, 0.15) is 26.2 Å². The molecule has 15 heavy (non-hydrogen) atoms. The molecule has 88 valence electrons. The quantitative estimate of drug-likeness (QED) is 0.642. The number of ether oxygens (including phenoxy) is 2. The number of hydrogen-bond donors (Lipinski definition) is 1. The molecule has 4 heteroatoms. The first kappa shape index (κ1) is 12.5. The lowest BCUT2D eigenvalue weighted by Crippen LogP contribution is -2.56. The van der Waals surface area contributed by atoms with Gasteiger partial charge in [0, 0.05) is 7.11 Å². The third-order valence-electron chi connectivity index (χ3n) is 3.00. The maximum absolute atomic E-state index is 11.7. The second kappa shape index (κ2) is 5.47. The topological polar surface area (TPSA) is 47.6 Å². The van der Waals surface area contributed by atoms with Gasteiger partial charge in [-0.1, -0.05) is 6.92 Å². The van der Waals surface area contributed by atoms with E-state index in [2.05, 4.69) is 5.32 Å². The minimum absolute atomic E-state index is 0.229. The van der Waals surface area contributed by atoms with Gasteiger partial charge in [-0.15, -0.1) is 0 Å². The Morgan fingerprint density at radius 1 is 1.47 bits per heavy atom. The number of rotatable bonds is 7. The molecule has 0 amide bonds. The summed E-state index contributed by atoms with van der Waals surface area (Å²) in [6.07, 6.45) is 3.21. The van der Waals surface area contributed by atoms with Crippen LogP contribution in [0.15, 0.2) is 0 Å². The monoisotopic (exact) mass is 215 g/mol. The largest absolute Gasteiger partial charge is 0.468 e. The normalized spacial score (nSPS) is 19.7. The summed E-state index contributed by atoms with van der Waals surface area (Å²) in [5.74, 6) is 0.505. The van der Waals surface area contributed by atoms with Crippen molar-refractivity contribution < 1.29 is 14.3 Å². The molecule has 1 N–H and O–H groups in total. The molecule has 0 aromatic carbocycles. The minimum Gasteiger partial charge on any atom is -0.468 e. The third-order valence-corrected chi connectivity index (χ3v) is 3.00. The molecule has 0 bridgehead atoms. The van der Waals surface area contributed by atoms with E-state index in [-0.39, 0.29) is 5.97 Å². The van der Waals surface area contributed by atoms with Crippen molar-refractivity contribution in [3.63, 3.8) is 0 Å². The first-order valence-corrected chi connectivity index (χ1v) is 5.51. The molecule has 1 rings (SSSR count). The van der Waals surface area contributed by atoms with Crippen LogP contribution in [-0.2, 0) is 14.3 Å². The summed E-state index contributed by atoms with van der Waals surface area (Å²) in [6, 6.07) is 0. The lowest BCUT2D eigenvalue weighted by molar-refractivity contribution is -0.151. The molecule has 1 atom stereocenters. The smallest absolute Gasteiger partial charge is 0.328 e. The van der Waals surface area contributed by atoms with E-state index in [1.54, 1.807) is 7.11 Å². The van der Waals surface area contributed by atoms with E-state index < -0.39 is 5.54 Å². The molecule has 1 saturated carbocycles. The zero-order chi connectivity index (χ0) is 11.3. The Morgan fingerprint density at radius 3 is 2.53 bits per heavy atom. The fraction of sp³-hybridized carbons (Fsp3) is 0.909. The van der Waals surface area contributed by atoms with E-state index in [4.69, 9.17) is 9.47 Å². The van der Waals surface area contributed by atoms with Gasteiger partial charge in [-0.25, -0.2) is 4.79 Å². The van der Waals surface area contributed by atoms with Gasteiger partial charge in [0.2, 0.25) is 0 Å². The van der Waals surface area contributed by atoms with E-state index in [0.717, 1.165) is 12.5 Å². The number of hydrogen-bond acceptors (Lipinski definition) is 4. The van der Waals surface area contributed by atoms with Crippen LogP contribution >= 0.6 is 0 Å². The zero-order valence-electron chi connectivity index (χ0n) is 9.84. The second-order valence-electron chi connectivity index (χ2n) is 4.18. The molecule has 1 fully saturated rings. The molecule has 0 aromatic heterocycles. The minimum atomic E-state index is -0.661. The predicted molar refractivity (Wildman–Crippen MR) is 57.6 cm³/mol. The zero-order valence-corrected chi connectivity index (χ0v) is 9.84. The van der Waals surface area contributed by atoms with Gasteiger partial charge in [0.15, 0.2) is 0 Å². The summed E-state index contributed by atoms with van der Waals surface area (Å²) in [4.78, 5) is 11.7. The molecule has 0 aliphatic heterocycles.